The minimum absolute atomic E-state index is 0.0318. The molecule has 4 aromatic rings. The van der Waals surface area contributed by atoms with E-state index in [4.69, 9.17) is 14.5 Å². The van der Waals surface area contributed by atoms with Crippen molar-refractivity contribution in [2.24, 2.45) is 4.99 Å². The number of anilines is 1. The van der Waals surface area contributed by atoms with Crippen LogP contribution in [0.1, 0.15) is 56.0 Å². The third kappa shape index (κ3) is 5.54. The molecule has 7 nitrogen and oxygen atoms in total. The number of hydrogen-bond acceptors (Lipinski definition) is 6. The van der Waals surface area contributed by atoms with Gasteiger partial charge in [0.2, 0.25) is 0 Å². The van der Waals surface area contributed by atoms with Gasteiger partial charge in [0.15, 0.2) is 16.3 Å². The highest BCUT2D eigenvalue weighted by Crippen LogP contribution is 2.36. The fourth-order valence-electron chi connectivity index (χ4n) is 5.08. The van der Waals surface area contributed by atoms with Gasteiger partial charge in [-0.3, -0.25) is 14.2 Å². The van der Waals surface area contributed by atoms with Crippen LogP contribution in [-0.4, -0.2) is 24.7 Å². The summed E-state index contributed by atoms with van der Waals surface area (Å²) in [6.07, 6.45) is 1.88. The molecule has 1 atom stereocenters. The van der Waals surface area contributed by atoms with Gasteiger partial charge in [-0.15, -0.1) is 0 Å². The molecular formula is C34H35N3O4S. The van der Waals surface area contributed by atoms with Gasteiger partial charge in [0.05, 0.1) is 36.1 Å². The Balaban J connectivity index is 1.67. The van der Waals surface area contributed by atoms with Crippen molar-refractivity contribution < 1.29 is 14.3 Å². The van der Waals surface area contributed by atoms with Crippen molar-refractivity contribution in [2.45, 2.75) is 46.1 Å². The molecule has 1 aliphatic heterocycles. The van der Waals surface area contributed by atoms with E-state index in [-0.39, 0.29) is 16.9 Å². The van der Waals surface area contributed by atoms with Gasteiger partial charge in [0.25, 0.3) is 11.5 Å². The molecule has 1 aromatic heterocycles. The highest BCUT2D eigenvalue weighted by molar-refractivity contribution is 7.07. The Morgan fingerprint density at radius 2 is 1.67 bits per heavy atom. The average Bonchev–Trinajstić information content (AvgIpc) is 3.26. The zero-order valence-electron chi connectivity index (χ0n) is 24.9. The Bertz CT molecular complexity index is 1880. The van der Waals surface area contributed by atoms with Crippen molar-refractivity contribution in [2.75, 3.05) is 19.5 Å². The van der Waals surface area contributed by atoms with E-state index in [1.54, 1.807) is 24.9 Å². The van der Waals surface area contributed by atoms with Crippen LogP contribution in [0.5, 0.6) is 11.5 Å². The molecule has 0 spiro atoms. The SMILES string of the molecule is COc1ccc([C@H]2C(C(=O)Nc3ccccc3C)=C(C)N=c3s/c(=C\c4ccc(C(C)(C)C)cc4)c(=O)n32)cc1OC. The van der Waals surface area contributed by atoms with E-state index in [1.165, 1.54) is 16.9 Å². The molecule has 1 aliphatic rings. The van der Waals surface area contributed by atoms with E-state index in [0.717, 1.165) is 11.1 Å². The van der Waals surface area contributed by atoms with E-state index in [2.05, 4.69) is 38.2 Å². The number of allylic oxidation sites excluding steroid dienone is 1. The molecule has 5 rings (SSSR count). The summed E-state index contributed by atoms with van der Waals surface area (Å²) in [5.41, 5.74) is 5.23. The van der Waals surface area contributed by atoms with Crippen LogP contribution in [0.3, 0.4) is 0 Å². The third-order valence-corrected chi connectivity index (χ3v) is 8.44. The molecule has 1 amide bonds. The van der Waals surface area contributed by atoms with Crippen LogP contribution in [0, 0.1) is 6.92 Å². The minimum Gasteiger partial charge on any atom is -0.493 e. The van der Waals surface area contributed by atoms with Gasteiger partial charge < -0.3 is 14.8 Å². The van der Waals surface area contributed by atoms with Crippen molar-refractivity contribution in [3.8, 4) is 11.5 Å². The summed E-state index contributed by atoms with van der Waals surface area (Å²) in [5, 5.41) is 3.04. The Morgan fingerprint density at radius 3 is 2.31 bits per heavy atom. The first kappa shape index (κ1) is 29.1. The molecule has 0 aliphatic carbocycles. The largest absolute Gasteiger partial charge is 0.493 e. The van der Waals surface area contributed by atoms with Crippen LogP contribution < -0.4 is 29.7 Å². The lowest BCUT2D eigenvalue weighted by atomic mass is 9.87. The number of rotatable bonds is 6. The maximum Gasteiger partial charge on any atom is 0.271 e. The number of aryl methyl sites for hydroxylation is 1. The summed E-state index contributed by atoms with van der Waals surface area (Å²) in [6, 6.07) is 20.5. The highest BCUT2D eigenvalue weighted by atomic mass is 32.1. The van der Waals surface area contributed by atoms with Gasteiger partial charge in [-0.1, -0.05) is 80.6 Å². The van der Waals surface area contributed by atoms with Crippen molar-refractivity contribution in [3.63, 3.8) is 0 Å². The second-order valence-corrected chi connectivity index (χ2v) is 12.3. The standard InChI is InChI=1S/C34H35N3O4S/c1-20-10-8-9-11-25(20)36-31(38)29-21(2)35-33-37(30(29)23-14-17-26(40-6)27(19-23)41-7)32(39)28(42-33)18-22-12-15-24(16-13-22)34(3,4)5/h8-19,30H,1-7H3,(H,36,38)/b28-18-/t30-/m0/s1. The Kier molecular flexibility index (Phi) is 7.93. The van der Waals surface area contributed by atoms with Gasteiger partial charge >= 0.3 is 0 Å². The summed E-state index contributed by atoms with van der Waals surface area (Å²) in [7, 11) is 3.13. The van der Waals surface area contributed by atoms with Crippen molar-refractivity contribution in [1.29, 1.82) is 0 Å². The first-order valence-electron chi connectivity index (χ1n) is 13.7. The summed E-state index contributed by atoms with van der Waals surface area (Å²) < 4.78 is 13.2. The van der Waals surface area contributed by atoms with Gasteiger partial charge in [0.1, 0.15) is 0 Å². The molecule has 0 saturated carbocycles. The predicted molar refractivity (Wildman–Crippen MR) is 168 cm³/mol. The number of benzene rings is 3. The number of carbonyl (C=O) groups excluding carboxylic acids is 1. The van der Waals surface area contributed by atoms with Crippen LogP contribution in [-0.2, 0) is 10.2 Å². The zero-order valence-corrected chi connectivity index (χ0v) is 25.8. The summed E-state index contributed by atoms with van der Waals surface area (Å²) in [4.78, 5) is 33.3. The van der Waals surface area contributed by atoms with E-state index in [0.29, 0.717) is 43.4 Å². The van der Waals surface area contributed by atoms with Crippen molar-refractivity contribution in [1.82, 2.24) is 4.57 Å². The summed E-state index contributed by atoms with van der Waals surface area (Å²) in [6.45, 7) is 10.3. The number of thiazole rings is 1. The Labute approximate surface area is 249 Å². The predicted octanol–water partition coefficient (Wildman–Crippen LogP) is 5.50. The molecule has 42 heavy (non-hydrogen) atoms. The number of nitrogens with one attached hydrogen (secondary N) is 1. The number of nitrogens with zero attached hydrogens (tertiary/aromatic N) is 2. The van der Waals surface area contributed by atoms with Crippen LogP contribution in [0.25, 0.3) is 6.08 Å². The number of amides is 1. The van der Waals surface area contributed by atoms with Gasteiger partial charge in [-0.05, 0) is 65.8 Å². The molecule has 0 unspecified atom stereocenters. The lowest BCUT2D eigenvalue weighted by Gasteiger charge is -2.26. The van der Waals surface area contributed by atoms with Crippen LogP contribution >= 0.6 is 11.3 Å². The third-order valence-electron chi connectivity index (χ3n) is 7.46. The maximum atomic E-state index is 14.1. The normalized spacial score (nSPS) is 15.2. The number of aromatic nitrogens is 1. The zero-order chi connectivity index (χ0) is 30.2. The summed E-state index contributed by atoms with van der Waals surface area (Å²) >= 11 is 1.31. The summed E-state index contributed by atoms with van der Waals surface area (Å²) in [5.74, 6) is 0.737. The second-order valence-electron chi connectivity index (χ2n) is 11.3. The van der Waals surface area contributed by atoms with Gasteiger partial charge in [0, 0.05) is 5.69 Å². The number of para-hydroxylation sites is 1. The Hall–Kier alpha value is -4.43. The Morgan fingerprint density at radius 1 is 0.976 bits per heavy atom. The lowest BCUT2D eigenvalue weighted by Crippen LogP contribution is -2.40. The molecule has 0 radical (unpaired) electrons. The molecule has 8 heteroatoms. The van der Waals surface area contributed by atoms with Crippen molar-refractivity contribution in [3.05, 3.63) is 120 Å². The lowest BCUT2D eigenvalue weighted by molar-refractivity contribution is -0.113. The van der Waals surface area contributed by atoms with Crippen LogP contribution in [0.4, 0.5) is 5.69 Å². The van der Waals surface area contributed by atoms with E-state index >= 15 is 0 Å². The van der Waals surface area contributed by atoms with Crippen LogP contribution in [0.15, 0.2) is 87.8 Å². The number of hydrogen-bond donors (Lipinski definition) is 1. The van der Waals surface area contributed by atoms with Crippen LogP contribution in [0.2, 0.25) is 0 Å². The average molecular weight is 582 g/mol. The monoisotopic (exact) mass is 581 g/mol. The fourth-order valence-corrected chi connectivity index (χ4v) is 6.13. The molecular weight excluding hydrogens is 546 g/mol. The molecule has 3 aromatic carbocycles. The van der Waals surface area contributed by atoms with E-state index in [9.17, 15) is 9.59 Å². The second kappa shape index (κ2) is 11.4. The number of carbonyl (C=O) groups is 1. The first-order chi connectivity index (χ1) is 20.0. The van der Waals surface area contributed by atoms with Crippen molar-refractivity contribution >= 4 is 29.0 Å². The molecule has 0 bridgehead atoms. The maximum absolute atomic E-state index is 14.1. The highest BCUT2D eigenvalue weighted by Gasteiger charge is 2.33. The molecule has 1 N–H and O–H groups in total. The smallest absolute Gasteiger partial charge is 0.271 e. The number of methoxy groups -OCH3 is 2. The molecule has 0 fully saturated rings. The molecule has 216 valence electrons. The van der Waals surface area contributed by atoms with Gasteiger partial charge in [-0.2, -0.15) is 0 Å². The van der Waals surface area contributed by atoms with Gasteiger partial charge in [-0.25, -0.2) is 4.99 Å². The topological polar surface area (TPSA) is 81.9 Å². The number of fused-ring (bicyclic) bond motifs is 1. The molecule has 0 saturated heterocycles. The van der Waals surface area contributed by atoms with E-state index in [1.807, 2.05) is 68.5 Å². The quantitative estimate of drug-likeness (QED) is 0.326. The first-order valence-corrected chi connectivity index (χ1v) is 14.6. The fraction of sp³-hybridized carbons (Fsp3) is 0.265. The minimum atomic E-state index is -0.726. The van der Waals surface area contributed by atoms with E-state index < -0.39 is 6.04 Å². The molecule has 2 heterocycles. The number of ether oxygens (including phenoxy) is 2.